The predicted molar refractivity (Wildman–Crippen MR) is 119 cm³/mol. The second-order valence-electron chi connectivity index (χ2n) is 10.1. The molecule has 1 atom stereocenters. The predicted octanol–water partition coefficient (Wildman–Crippen LogP) is 3.56. The number of benzene rings is 1. The standard InChI is InChI=1S/C25H37N3O2/c1-19(2)18-27-15-12-25(13-16-27)11-6-14-28(24(30)21-7-4-3-5-8-21)22(25)17-26-23(29)20-9-10-20/h3-5,7-8,19-20,22H,6,9-18H2,1-2H3,(H,26,29)/t22-/m1/s1. The number of hydrogen-bond donors (Lipinski definition) is 1. The summed E-state index contributed by atoms with van der Waals surface area (Å²) in [4.78, 5) is 30.5. The maximum Gasteiger partial charge on any atom is 0.254 e. The van der Waals surface area contributed by atoms with Gasteiger partial charge in [0.25, 0.3) is 5.91 Å². The van der Waals surface area contributed by atoms with E-state index in [-0.39, 0.29) is 29.2 Å². The quantitative estimate of drug-likeness (QED) is 0.779. The lowest BCUT2D eigenvalue weighted by Crippen LogP contribution is -2.61. The number of hydrogen-bond acceptors (Lipinski definition) is 3. The van der Waals surface area contributed by atoms with Crippen LogP contribution in [0.5, 0.6) is 0 Å². The largest absolute Gasteiger partial charge is 0.354 e. The Morgan fingerprint density at radius 2 is 1.77 bits per heavy atom. The average molecular weight is 412 g/mol. The topological polar surface area (TPSA) is 52.6 Å². The van der Waals surface area contributed by atoms with E-state index in [4.69, 9.17) is 0 Å². The van der Waals surface area contributed by atoms with E-state index in [1.807, 2.05) is 30.3 Å². The number of likely N-dealkylation sites (tertiary alicyclic amines) is 2. The highest BCUT2D eigenvalue weighted by Gasteiger charge is 2.48. The average Bonchev–Trinajstić information content (AvgIpc) is 3.60. The van der Waals surface area contributed by atoms with E-state index < -0.39 is 0 Å². The zero-order valence-corrected chi connectivity index (χ0v) is 18.6. The smallest absolute Gasteiger partial charge is 0.254 e. The molecule has 4 rings (SSSR count). The summed E-state index contributed by atoms with van der Waals surface area (Å²) in [6.07, 6.45) is 6.46. The van der Waals surface area contributed by atoms with Crippen LogP contribution in [0.4, 0.5) is 0 Å². The van der Waals surface area contributed by atoms with E-state index in [2.05, 4.69) is 29.0 Å². The molecule has 1 aromatic rings. The lowest BCUT2D eigenvalue weighted by molar-refractivity contribution is -0.123. The van der Waals surface area contributed by atoms with E-state index in [9.17, 15) is 9.59 Å². The van der Waals surface area contributed by atoms with Crippen molar-refractivity contribution < 1.29 is 9.59 Å². The molecule has 3 fully saturated rings. The molecular weight excluding hydrogens is 374 g/mol. The molecule has 5 nitrogen and oxygen atoms in total. The van der Waals surface area contributed by atoms with Crippen molar-refractivity contribution in [3.05, 3.63) is 35.9 Å². The van der Waals surface area contributed by atoms with Gasteiger partial charge in [-0.2, -0.15) is 0 Å². The first-order chi connectivity index (χ1) is 14.5. The fourth-order valence-corrected chi connectivity index (χ4v) is 5.54. The summed E-state index contributed by atoms with van der Waals surface area (Å²) in [5.41, 5.74) is 0.873. The summed E-state index contributed by atoms with van der Waals surface area (Å²) < 4.78 is 0. The van der Waals surface area contributed by atoms with Crippen LogP contribution in [0.25, 0.3) is 0 Å². The van der Waals surface area contributed by atoms with Crippen molar-refractivity contribution in [3.8, 4) is 0 Å². The summed E-state index contributed by atoms with van der Waals surface area (Å²) in [6.45, 7) is 9.28. The number of carbonyl (C=O) groups is 2. The number of amides is 2. The first-order valence-corrected chi connectivity index (χ1v) is 11.8. The minimum Gasteiger partial charge on any atom is -0.354 e. The first-order valence-electron chi connectivity index (χ1n) is 11.8. The Labute approximate surface area is 181 Å². The molecule has 0 aromatic heterocycles. The molecule has 1 N–H and O–H groups in total. The third kappa shape index (κ3) is 4.72. The SMILES string of the molecule is CC(C)CN1CCC2(CCCN(C(=O)c3ccccc3)[C@@H]2CNC(=O)C2CC2)CC1. The van der Waals surface area contributed by atoms with Gasteiger partial charge in [0.05, 0.1) is 6.04 Å². The molecule has 1 aromatic carbocycles. The van der Waals surface area contributed by atoms with Gasteiger partial charge in [0.15, 0.2) is 0 Å². The van der Waals surface area contributed by atoms with Crippen LogP contribution in [0.2, 0.25) is 0 Å². The molecule has 0 radical (unpaired) electrons. The normalized spacial score (nSPS) is 24.2. The molecule has 2 heterocycles. The fraction of sp³-hybridized carbons (Fsp3) is 0.680. The van der Waals surface area contributed by atoms with Crippen LogP contribution in [-0.2, 0) is 4.79 Å². The zero-order chi connectivity index (χ0) is 21.1. The van der Waals surface area contributed by atoms with E-state index >= 15 is 0 Å². The van der Waals surface area contributed by atoms with Crippen LogP contribution < -0.4 is 5.32 Å². The molecule has 30 heavy (non-hydrogen) atoms. The van der Waals surface area contributed by atoms with Crippen LogP contribution in [0, 0.1) is 17.3 Å². The monoisotopic (exact) mass is 411 g/mol. The van der Waals surface area contributed by atoms with E-state index in [1.165, 1.54) is 0 Å². The highest BCUT2D eigenvalue weighted by atomic mass is 16.2. The molecule has 3 aliphatic rings. The summed E-state index contributed by atoms with van der Waals surface area (Å²) in [5.74, 6) is 1.18. The van der Waals surface area contributed by atoms with Gasteiger partial charge in [-0.1, -0.05) is 32.0 Å². The van der Waals surface area contributed by atoms with Gasteiger partial charge in [-0.15, -0.1) is 0 Å². The summed E-state index contributed by atoms with van der Waals surface area (Å²) in [7, 11) is 0. The Morgan fingerprint density at radius 3 is 2.40 bits per heavy atom. The van der Waals surface area contributed by atoms with Crippen molar-refractivity contribution in [1.82, 2.24) is 15.1 Å². The molecule has 1 saturated carbocycles. The first kappa shape index (κ1) is 21.4. The second-order valence-corrected chi connectivity index (χ2v) is 10.1. The summed E-state index contributed by atoms with van der Waals surface area (Å²) >= 11 is 0. The Morgan fingerprint density at radius 1 is 1.07 bits per heavy atom. The molecule has 2 aliphatic heterocycles. The van der Waals surface area contributed by atoms with E-state index in [0.717, 1.165) is 70.3 Å². The third-order valence-electron chi connectivity index (χ3n) is 7.33. The summed E-state index contributed by atoms with van der Waals surface area (Å²) in [6, 6.07) is 9.72. The van der Waals surface area contributed by atoms with Crippen molar-refractivity contribution in [3.63, 3.8) is 0 Å². The van der Waals surface area contributed by atoms with Crippen molar-refractivity contribution in [2.24, 2.45) is 17.3 Å². The van der Waals surface area contributed by atoms with Gasteiger partial charge >= 0.3 is 0 Å². The Hall–Kier alpha value is -1.88. The molecule has 1 spiro atoms. The summed E-state index contributed by atoms with van der Waals surface area (Å²) in [5, 5.41) is 3.22. The molecule has 0 bridgehead atoms. The van der Waals surface area contributed by atoms with Crippen LogP contribution in [0.15, 0.2) is 30.3 Å². The van der Waals surface area contributed by atoms with Crippen molar-refractivity contribution in [2.75, 3.05) is 32.7 Å². The van der Waals surface area contributed by atoms with Crippen LogP contribution >= 0.6 is 0 Å². The Bertz CT molecular complexity index is 736. The Balaban J connectivity index is 1.53. The van der Waals surface area contributed by atoms with E-state index in [0.29, 0.717) is 12.5 Å². The number of nitrogens with one attached hydrogen (secondary N) is 1. The van der Waals surface area contributed by atoms with Crippen LogP contribution in [0.1, 0.15) is 62.7 Å². The lowest BCUT2D eigenvalue weighted by Gasteiger charge is -2.53. The van der Waals surface area contributed by atoms with Crippen LogP contribution in [0.3, 0.4) is 0 Å². The molecular formula is C25H37N3O2. The van der Waals surface area contributed by atoms with Gasteiger partial charge in [-0.25, -0.2) is 0 Å². The lowest BCUT2D eigenvalue weighted by atomic mass is 9.66. The van der Waals surface area contributed by atoms with Crippen molar-refractivity contribution in [1.29, 1.82) is 0 Å². The van der Waals surface area contributed by atoms with Crippen LogP contribution in [-0.4, -0.2) is 60.4 Å². The zero-order valence-electron chi connectivity index (χ0n) is 18.6. The maximum absolute atomic E-state index is 13.4. The van der Waals surface area contributed by atoms with Gasteiger partial charge in [0.1, 0.15) is 0 Å². The molecule has 164 valence electrons. The van der Waals surface area contributed by atoms with E-state index in [1.54, 1.807) is 0 Å². The Kier molecular flexibility index (Phi) is 6.47. The number of piperidine rings is 2. The number of nitrogens with zero attached hydrogens (tertiary/aromatic N) is 2. The van der Waals surface area contributed by atoms with Gasteiger partial charge in [-0.05, 0) is 75.1 Å². The molecule has 0 unspecified atom stereocenters. The highest BCUT2D eigenvalue weighted by molar-refractivity contribution is 5.94. The van der Waals surface area contributed by atoms with Gasteiger partial charge in [0, 0.05) is 31.1 Å². The minimum atomic E-state index is 0.0860. The maximum atomic E-state index is 13.4. The van der Waals surface area contributed by atoms with Gasteiger partial charge in [0.2, 0.25) is 5.91 Å². The molecule has 5 heteroatoms. The van der Waals surface area contributed by atoms with Gasteiger partial charge < -0.3 is 15.1 Å². The van der Waals surface area contributed by atoms with Crippen molar-refractivity contribution >= 4 is 11.8 Å². The molecule has 1 aliphatic carbocycles. The number of carbonyl (C=O) groups excluding carboxylic acids is 2. The number of rotatable bonds is 6. The molecule has 2 saturated heterocycles. The third-order valence-corrected chi connectivity index (χ3v) is 7.33. The molecule has 2 amide bonds. The highest BCUT2D eigenvalue weighted by Crippen LogP contribution is 2.45. The van der Waals surface area contributed by atoms with Gasteiger partial charge in [-0.3, -0.25) is 9.59 Å². The fourth-order valence-electron chi connectivity index (χ4n) is 5.54. The van der Waals surface area contributed by atoms with Crippen molar-refractivity contribution in [2.45, 2.75) is 58.4 Å². The second kappa shape index (κ2) is 9.09. The minimum absolute atomic E-state index is 0.0860.